The molecule has 0 spiro atoms. The molecule has 0 bridgehead atoms. The number of benzene rings is 5. The smallest absolute Gasteiger partial charge is 0.339 e. The molecule has 5 aromatic carbocycles. The van der Waals surface area contributed by atoms with Crippen LogP contribution in [0.3, 0.4) is 0 Å². The highest BCUT2D eigenvalue weighted by atomic mass is 79.9. The average molecular weight is 914 g/mol. The molecule has 2 heterocycles. The molecule has 7 aromatic rings. The van der Waals surface area contributed by atoms with Crippen molar-refractivity contribution in [1.82, 2.24) is 9.97 Å². The molecule has 0 atom stereocenters. The molecular weight excluding hydrogens is 892 g/mol. The van der Waals surface area contributed by atoms with E-state index in [-0.39, 0.29) is 11.3 Å². The zero-order valence-electron chi connectivity index (χ0n) is 27.9. The minimum Gasteiger partial charge on any atom is -0.478 e. The Morgan fingerprint density at radius 3 is 1.62 bits per heavy atom. The van der Waals surface area contributed by atoms with E-state index in [9.17, 15) is 24.8 Å². The average Bonchev–Trinajstić information content (AvgIpc) is 3.89. The maximum absolute atomic E-state index is 11.9. The summed E-state index contributed by atoms with van der Waals surface area (Å²) in [6.45, 7) is 0. The Kier molecular flexibility index (Phi) is 12.7. The van der Waals surface area contributed by atoms with Crippen molar-refractivity contribution in [3.05, 3.63) is 154 Å². The van der Waals surface area contributed by atoms with Crippen molar-refractivity contribution < 1.29 is 24.4 Å². The molecule has 0 amide bonds. The van der Waals surface area contributed by atoms with Gasteiger partial charge in [0.1, 0.15) is 10.0 Å². The van der Waals surface area contributed by atoms with E-state index in [4.69, 9.17) is 51.1 Å². The number of non-ortho nitro benzene ring substituents is 1. The van der Waals surface area contributed by atoms with Gasteiger partial charge >= 0.3 is 11.9 Å². The number of hydrogen-bond acceptors (Lipinski definition) is 9. The van der Waals surface area contributed by atoms with Crippen LogP contribution in [0.5, 0.6) is 0 Å². The van der Waals surface area contributed by atoms with Gasteiger partial charge in [-0.2, -0.15) is 0 Å². The minimum atomic E-state index is -1.10. The summed E-state index contributed by atoms with van der Waals surface area (Å²) in [4.78, 5) is 43.3. The Bertz CT molecular complexity index is 2600. The molecule has 0 aliphatic rings. The van der Waals surface area contributed by atoms with Crippen LogP contribution >= 0.6 is 85.0 Å². The number of ether oxygens (including phenoxy) is 1. The van der Waals surface area contributed by atoms with Crippen LogP contribution in [-0.2, 0) is 4.74 Å². The van der Waals surface area contributed by atoms with Gasteiger partial charge in [-0.25, -0.2) is 19.6 Å². The molecule has 0 saturated heterocycles. The number of aromatic carboxylic acids is 1. The van der Waals surface area contributed by atoms with Crippen molar-refractivity contribution in [2.75, 3.05) is 7.11 Å². The fourth-order valence-corrected chi connectivity index (χ4v) is 7.84. The first-order valence-electron chi connectivity index (χ1n) is 15.7. The molecular formula is C39H22BrCl4N3O6S2. The Hall–Kier alpha value is -4.66. The van der Waals surface area contributed by atoms with Crippen LogP contribution in [0.15, 0.2) is 112 Å². The minimum absolute atomic E-state index is 0.0603. The van der Waals surface area contributed by atoms with Crippen LogP contribution < -0.4 is 0 Å². The summed E-state index contributed by atoms with van der Waals surface area (Å²) in [5, 5.41) is 27.7. The molecule has 0 saturated carbocycles. The number of carboxylic acids is 1. The highest BCUT2D eigenvalue weighted by Crippen LogP contribution is 2.36. The van der Waals surface area contributed by atoms with E-state index in [0.29, 0.717) is 57.5 Å². The Labute approximate surface area is 350 Å². The quantitative estimate of drug-likeness (QED) is 0.0905. The standard InChI is InChI=1S/C22H12Cl2N2O4S.C17H10BrCl2NO2S/c23-18-8-4-13(10-19(18)24)20-11-31-21(25-20)14-3-7-16(17(9-14)22(27)28)12-1-5-15(6-2-12)26(29)30;1-23-17(22)11-6-10(2-4-12(11)18)16-21-15(8-24-16)9-3-5-13(19)14(20)7-9/h1-11H,(H,27,28);2-8H,1H3. The van der Waals surface area contributed by atoms with Gasteiger partial charge in [-0.15, -0.1) is 22.7 Å². The number of nitrogens with zero attached hydrogens (tertiary/aromatic N) is 3. The Balaban J connectivity index is 0.000000193. The topological polar surface area (TPSA) is 133 Å². The lowest BCUT2D eigenvalue weighted by atomic mass is 9.97. The monoisotopic (exact) mass is 911 g/mol. The second-order valence-electron chi connectivity index (χ2n) is 11.4. The fourth-order valence-electron chi connectivity index (χ4n) is 5.18. The number of aromatic nitrogens is 2. The Morgan fingerprint density at radius 2 is 1.15 bits per heavy atom. The van der Waals surface area contributed by atoms with E-state index in [1.807, 2.05) is 35.0 Å². The number of methoxy groups -OCH3 is 1. The van der Waals surface area contributed by atoms with Gasteiger partial charge in [-0.1, -0.05) is 76.7 Å². The number of carboxylic acid groups (broad SMARTS) is 1. The first-order valence-corrected chi connectivity index (χ1v) is 19.7. The van der Waals surface area contributed by atoms with Crippen LogP contribution in [-0.4, -0.2) is 39.0 Å². The third-order valence-electron chi connectivity index (χ3n) is 7.94. The first-order chi connectivity index (χ1) is 26.3. The Morgan fingerprint density at radius 1 is 0.673 bits per heavy atom. The van der Waals surface area contributed by atoms with Crippen molar-refractivity contribution in [2.24, 2.45) is 0 Å². The molecule has 0 aliphatic heterocycles. The van der Waals surface area contributed by atoms with Crippen molar-refractivity contribution in [2.45, 2.75) is 0 Å². The van der Waals surface area contributed by atoms with Crippen molar-refractivity contribution >= 4 is 103 Å². The molecule has 0 radical (unpaired) electrons. The van der Waals surface area contributed by atoms with E-state index < -0.39 is 16.9 Å². The second kappa shape index (κ2) is 17.4. The zero-order valence-corrected chi connectivity index (χ0v) is 34.2. The highest BCUT2D eigenvalue weighted by Gasteiger charge is 2.18. The van der Waals surface area contributed by atoms with Crippen molar-refractivity contribution in [3.8, 4) is 54.8 Å². The van der Waals surface area contributed by atoms with E-state index in [1.165, 1.54) is 54.0 Å². The molecule has 55 heavy (non-hydrogen) atoms. The lowest BCUT2D eigenvalue weighted by molar-refractivity contribution is -0.384. The van der Waals surface area contributed by atoms with Crippen LogP contribution in [0.2, 0.25) is 20.1 Å². The molecule has 0 fully saturated rings. The summed E-state index contributed by atoms with van der Waals surface area (Å²) in [6.07, 6.45) is 0. The molecule has 1 N–H and O–H groups in total. The second-order valence-corrected chi connectivity index (χ2v) is 15.6. The van der Waals surface area contributed by atoms with Crippen LogP contribution in [0.1, 0.15) is 20.7 Å². The number of esters is 1. The number of nitro benzene ring substituents is 1. The summed E-state index contributed by atoms with van der Waals surface area (Å²) in [6, 6.07) is 26.9. The van der Waals surface area contributed by atoms with Gasteiger partial charge in [-0.05, 0) is 81.7 Å². The number of halogens is 5. The van der Waals surface area contributed by atoms with Gasteiger partial charge < -0.3 is 9.84 Å². The van der Waals surface area contributed by atoms with Gasteiger partial charge in [0.05, 0.1) is 54.6 Å². The SMILES string of the molecule is COC(=O)c1cc(-c2nc(-c3ccc(Cl)c(Cl)c3)cs2)ccc1Br.O=C(O)c1cc(-c2nc(-c3ccc(Cl)c(Cl)c3)cs2)ccc1-c1ccc([N+](=O)[O-])cc1. The molecule has 7 rings (SSSR count). The molecule has 276 valence electrons. The number of carbonyl (C=O) groups excluding carboxylic acids is 1. The fraction of sp³-hybridized carbons (Fsp3) is 0.0256. The summed E-state index contributed by atoms with van der Waals surface area (Å²) < 4.78 is 5.47. The number of nitro groups is 1. The predicted octanol–water partition coefficient (Wildman–Crippen LogP) is 13.4. The molecule has 16 heteroatoms. The van der Waals surface area contributed by atoms with Gasteiger partial charge in [0.2, 0.25) is 0 Å². The zero-order chi connectivity index (χ0) is 39.4. The third kappa shape index (κ3) is 9.25. The number of hydrogen-bond donors (Lipinski definition) is 1. The number of rotatable bonds is 8. The van der Waals surface area contributed by atoms with E-state index in [0.717, 1.165) is 27.4 Å². The summed E-state index contributed by atoms with van der Waals surface area (Å²) >= 11 is 30.3. The molecule has 9 nitrogen and oxygen atoms in total. The van der Waals surface area contributed by atoms with Crippen LogP contribution in [0.4, 0.5) is 5.69 Å². The molecule has 2 aromatic heterocycles. The normalized spacial score (nSPS) is 10.7. The molecule has 0 unspecified atom stereocenters. The van der Waals surface area contributed by atoms with Gasteiger partial charge in [-0.3, -0.25) is 10.1 Å². The van der Waals surface area contributed by atoms with E-state index >= 15 is 0 Å². The van der Waals surface area contributed by atoms with Crippen molar-refractivity contribution in [3.63, 3.8) is 0 Å². The lowest BCUT2D eigenvalue weighted by Gasteiger charge is -2.08. The van der Waals surface area contributed by atoms with E-state index in [2.05, 4.69) is 25.9 Å². The number of carbonyl (C=O) groups is 2. The summed E-state index contributed by atoms with van der Waals surface area (Å²) in [5.41, 5.74) is 6.21. The summed E-state index contributed by atoms with van der Waals surface area (Å²) in [7, 11) is 1.35. The van der Waals surface area contributed by atoms with E-state index in [1.54, 1.807) is 48.5 Å². The van der Waals surface area contributed by atoms with Crippen molar-refractivity contribution in [1.29, 1.82) is 0 Å². The number of thiazole rings is 2. The largest absolute Gasteiger partial charge is 0.478 e. The maximum atomic E-state index is 11.9. The van der Waals surface area contributed by atoms with Gasteiger partial charge in [0.25, 0.3) is 5.69 Å². The van der Waals surface area contributed by atoms with Gasteiger partial charge in [0, 0.05) is 49.6 Å². The van der Waals surface area contributed by atoms with Crippen LogP contribution in [0, 0.1) is 10.1 Å². The summed E-state index contributed by atoms with van der Waals surface area (Å²) in [5.74, 6) is -1.50. The lowest BCUT2D eigenvalue weighted by Crippen LogP contribution is -2.02. The molecule has 0 aliphatic carbocycles. The third-order valence-corrected chi connectivity index (χ3v) is 11.9. The highest BCUT2D eigenvalue weighted by molar-refractivity contribution is 9.10. The van der Waals surface area contributed by atoms with Crippen LogP contribution in [0.25, 0.3) is 54.8 Å². The van der Waals surface area contributed by atoms with Gasteiger partial charge in [0.15, 0.2) is 0 Å². The predicted molar refractivity (Wildman–Crippen MR) is 224 cm³/mol. The first kappa shape index (κ1) is 40.0. The maximum Gasteiger partial charge on any atom is 0.339 e.